The number of carboxylic acid groups (broad SMARTS) is 1. The van der Waals surface area contributed by atoms with Crippen molar-refractivity contribution in [2.24, 2.45) is 0 Å². The molecule has 0 saturated heterocycles. The van der Waals surface area contributed by atoms with E-state index >= 15 is 0 Å². The van der Waals surface area contributed by atoms with Gasteiger partial charge in [0, 0.05) is 5.69 Å². The van der Waals surface area contributed by atoms with Crippen molar-refractivity contribution in [3.63, 3.8) is 0 Å². The van der Waals surface area contributed by atoms with Crippen LogP contribution >= 0.6 is 0 Å². The molecule has 0 aliphatic rings. The number of carboxylic acids is 1. The van der Waals surface area contributed by atoms with E-state index in [1.54, 1.807) is 18.2 Å². The number of nitrogens with one attached hydrogen (secondary N) is 2. The fourth-order valence-electron chi connectivity index (χ4n) is 1.65. The van der Waals surface area contributed by atoms with Crippen molar-refractivity contribution in [3.8, 4) is 0 Å². The first kappa shape index (κ1) is 15.1. The van der Waals surface area contributed by atoms with Crippen LogP contribution in [-0.4, -0.2) is 26.5 Å². The Labute approximate surface area is 121 Å². The van der Waals surface area contributed by atoms with E-state index in [1.807, 2.05) is 0 Å². The molecule has 3 N–H and O–H groups in total. The lowest BCUT2D eigenvalue weighted by molar-refractivity contribution is 0.0660. The molecule has 0 radical (unpaired) electrons. The predicted octanol–water partition coefficient (Wildman–Crippen LogP) is 1.50. The molecule has 112 valence electrons. The summed E-state index contributed by atoms with van der Waals surface area (Å²) in [5.74, 6) is -0.774. The van der Waals surface area contributed by atoms with E-state index in [9.17, 15) is 13.2 Å². The van der Waals surface area contributed by atoms with Gasteiger partial charge in [0.05, 0.1) is 11.4 Å². The van der Waals surface area contributed by atoms with Crippen molar-refractivity contribution in [3.05, 3.63) is 47.9 Å². The van der Waals surface area contributed by atoms with Crippen LogP contribution in [0.2, 0.25) is 0 Å². The van der Waals surface area contributed by atoms with Gasteiger partial charge in [0.25, 0.3) is 0 Å². The van der Waals surface area contributed by atoms with Crippen LogP contribution in [0.5, 0.6) is 0 Å². The molecule has 1 heterocycles. The van der Waals surface area contributed by atoms with Crippen molar-refractivity contribution in [1.29, 1.82) is 0 Å². The summed E-state index contributed by atoms with van der Waals surface area (Å²) < 4.78 is 30.4. The van der Waals surface area contributed by atoms with Gasteiger partial charge in [-0.3, -0.25) is 0 Å². The minimum atomic E-state index is -3.45. The number of sulfonamides is 1. The molecule has 0 atom stereocenters. The van der Waals surface area contributed by atoms with Gasteiger partial charge < -0.3 is 14.8 Å². The maximum atomic E-state index is 11.6. The number of anilines is 1. The Morgan fingerprint density at radius 3 is 2.38 bits per heavy atom. The quantitative estimate of drug-likeness (QED) is 0.746. The molecule has 2 aromatic rings. The fraction of sp³-hybridized carbons (Fsp3) is 0.154. The first-order valence-electron chi connectivity index (χ1n) is 6.02. The zero-order valence-corrected chi connectivity index (χ0v) is 12.0. The molecule has 8 heteroatoms. The molecule has 0 aliphatic carbocycles. The number of furan rings is 1. The SMILES string of the molecule is CNS(=O)(=O)c1ccc(NCc2ccc(C(=O)O)o2)cc1. The summed E-state index contributed by atoms with van der Waals surface area (Å²) in [6.07, 6.45) is 0. The zero-order chi connectivity index (χ0) is 15.5. The third-order valence-corrected chi connectivity index (χ3v) is 4.20. The first-order chi connectivity index (χ1) is 9.92. The van der Waals surface area contributed by atoms with Gasteiger partial charge in [-0.2, -0.15) is 0 Å². The molecule has 1 aromatic carbocycles. The van der Waals surface area contributed by atoms with Crippen molar-refractivity contribution >= 4 is 21.7 Å². The Bertz CT molecular complexity index is 734. The van der Waals surface area contributed by atoms with E-state index in [1.165, 1.54) is 25.2 Å². The summed E-state index contributed by atoms with van der Waals surface area (Å²) in [5.41, 5.74) is 0.693. The predicted molar refractivity (Wildman–Crippen MR) is 75.7 cm³/mol. The summed E-state index contributed by atoms with van der Waals surface area (Å²) in [7, 11) is -2.10. The van der Waals surface area contributed by atoms with E-state index in [-0.39, 0.29) is 10.7 Å². The molecule has 2 rings (SSSR count). The van der Waals surface area contributed by atoms with Crippen molar-refractivity contribution in [1.82, 2.24) is 4.72 Å². The lowest BCUT2D eigenvalue weighted by Gasteiger charge is -2.06. The van der Waals surface area contributed by atoms with Crippen molar-refractivity contribution in [2.75, 3.05) is 12.4 Å². The molecule has 0 saturated carbocycles. The normalized spacial score (nSPS) is 11.3. The van der Waals surface area contributed by atoms with Gasteiger partial charge in [-0.1, -0.05) is 0 Å². The second kappa shape index (κ2) is 5.98. The van der Waals surface area contributed by atoms with Gasteiger partial charge in [-0.15, -0.1) is 0 Å². The lowest BCUT2D eigenvalue weighted by Crippen LogP contribution is -2.18. The van der Waals surface area contributed by atoms with Gasteiger partial charge >= 0.3 is 5.97 Å². The van der Waals surface area contributed by atoms with E-state index in [2.05, 4.69) is 10.0 Å². The highest BCUT2D eigenvalue weighted by Gasteiger charge is 2.11. The average molecular weight is 310 g/mol. The topological polar surface area (TPSA) is 109 Å². The molecule has 0 bridgehead atoms. The highest BCUT2D eigenvalue weighted by Crippen LogP contribution is 2.15. The molecule has 0 spiro atoms. The van der Waals surface area contributed by atoms with Gasteiger partial charge in [-0.25, -0.2) is 17.9 Å². The van der Waals surface area contributed by atoms with E-state index in [0.29, 0.717) is 18.0 Å². The lowest BCUT2D eigenvalue weighted by atomic mass is 10.3. The van der Waals surface area contributed by atoms with Crippen LogP contribution in [0.25, 0.3) is 0 Å². The van der Waals surface area contributed by atoms with Crippen LogP contribution in [0.3, 0.4) is 0 Å². The second-order valence-corrected chi connectivity index (χ2v) is 6.04. The van der Waals surface area contributed by atoms with E-state index in [0.717, 1.165) is 0 Å². The summed E-state index contributed by atoms with van der Waals surface area (Å²) >= 11 is 0. The Kier molecular flexibility index (Phi) is 4.29. The van der Waals surface area contributed by atoms with E-state index in [4.69, 9.17) is 9.52 Å². The maximum absolute atomic E-state index is 11.6. The number of carbonyl (C=O) groups is 1. The Morgan fingerprint density at radius 1 is 1.19 bits per heavy atom. The van der Waals surface area contributed by atoms with Crippen LogP contribution in [0.15, 0.2) is 45.7 Å². The molecule has 21 heavy (non-hydrogen) atoms. The minimum absolute atomic E-state index is 0.123. The van der Waals surface area contributed by atoms with E-state index < -0.39 is 16.0 Å². The molecule has 0 aliphatic heterocycles. The molecule has 0 amide bonds. The second-order valence-electron chi connectivity index (χ2n) is 4.16. The Hall–Kier alpha value is -2.32. The van der Waals surface area contributed by atoms with Crippen LogP contribution < -0.4 is 10.0 Å². The molecule has 0 unspecified atom stereocenters. The number of benzene rings is 1. The third-order valence-electron chi connectivity index (χ3n) is 2.77. The minimum Gasteiger partial charge on any atom is -0.475 e. The Morgan fingerprint density at radius 2 is 1.86 bits per heavy atom. The summed E-state index contributed by atoms with van der Waals surface area (Å²) in [5, 5.41) is 11.7. The molecular formula is C13H14N2O5S. The highest BCUT2D eigenvalue weighted by atomic mass is 32.2. The molecule has 7 nitrogen and oxygen atoms in total. The maximum Gasteiger partial charge on any atom is 0.371 e. The molecule has 0 fully saturated rings. The van der Waals surface area contributed by atoms with Gasteiger partial charge in [0.15, 0.2) is 0 Å². The van der Waals surface area contributed by atoms with Crippen molar-refractivity contribution in [2.45, 2.75) is 11.4 Å². The molecule has 1 aromatic heterocycles. The summed E-state index contributed by atoms with van der Waals surface area (Å²) in [6.45, 7) is 0.297. The van der Waals surface area contributed by atoms with Crippen LogP contribution in [0, 0.1) is 0 Å². The van der Waals surface area contributed by atoms with Gasteiger partial charge in [0.1, 0.15) is 5.76 Å². The summed E-state index contributed by atoms with van der Waals surface area (Å²) in [6, 6.07) is 9.12. The Balaban J connectivity index is 2.02. The first-order valence-corrected chi connectivity index (χ1v) is 7.50. The molecular weight excluding hydrogens is 296 g/mol. The standard InChI is InChI=1S/C13H14N2O5S/c1-14-21(18,19)11-5-2-9(3-6-11)15-8-10-4-7-12(20-10)13(16)17/h2-7,14-15H,8H2,1H3,(H,16,17). The number of hydrogen-bond acceptors (Lipinski definition) is 5. The monoisotopic (exact) mass is 310 g/mol. The fourth-order valence-corrected chi connectivity index (χ4v) is 2.38. The number of aromatic carboxylic acids is 1. The number of hydrogen-bond donors (Lipinski definition) is 3. The number of rotatable bonds is 6. The third kappa shape index (κ3) is 3.61. The van der Waals surface area contributed by atoms with Crippen LogP contribution in [0.1, 0.15) is 16.3 Å². The van der Waals surface area contributed by atoms with Crippen LogP contribution in [0.4, 0.5) is 5.69 Å². The van der Waals surface area contributed by atoms with Gasteiger partial charge in [0.2, 0.25) is 15.8 Å². The highest BCUT2D eigenvalue weighted by molar-refractivity contribution is 7.89. The average Bonchev–Trinajstić information content (AvgIpc) is 2.95. The van der Waals surface area contributed by atoms with Gasteiger partial charge in [-0.05, 0) is 43.4 Å². The largest absolute Gasteiger partial charge is 0.475 e. The zero-order valence-electron chi connectivity index (χ0n) is 11.2. The van der Waals surface area contributed by atoms with Crippen LogP contribution in [-0.2, 0) is 16.6 Å². The van der Waals surface area contributed by atoms with Crippen molar-refractivity contribution < 1.29 is 22.7 Å². The smallest absolute Gasteiger partial charge is 0.371 e. The summed E-state index contributed by atoms with van der Waals surface area (Å²) in [4.78, 5) is 10.8.